The van der Waals surface area contributed by atoms with Crippen LogP contribution in [-0.2, 0) is 6.54 Å². The minimum atomic E-state index is 0.0500. The van der Waals surface area contributed by atoms with Gasteiger partial charge in [0.25, 0.3) is 0 Å². The van der Waals surface area contributed by atoms with Gasteiger partial charge in [0.05, 0.1) is 5.69 Å². The van der Waals surface area contributed by atoms with E-state index in [9.17, 15) is 0 Å². The Morgan fingerprint density at radius 3 is 2.74 bits per heavy atom. The molecule has 0 saturated heterocycles. The molecule has 19 heavy (non-hydrogen) atoms. The third kappa shape index (κ3) is 3.55. The van der Waals surface area contributed by atoms with Crippen LogP contribution in [0.15, 0.2) is 47.2 Å². The molecule has 4 heteroatoms. The number of aromatic nitrogens is 1. The molecule has 0 unspecified atom stereocenters. The lowest BCUT2D eigenvalue weighted by Gasteiger charge is -2.21. The van der Waals surface area contributed by atoms with Crippen molar-refractivity contribution in [1.29, 1.82) is 0 Å². The van der Waals surface area contributed by atoms with Crippen molar-refractivity contribution in [3.8, 4) is 0 Å². The van der Waals surface area contributed by atoms with E-state index in [1.807, 2.05) is 19.2 Å². The van der Waals surface area contributed by atoms with Gasteiger partial charge in [0.15, 0.2) is 0 Å². The predicted molar refractivity (Wildman–Crippen MR) is 83.1 cm³/mol. The van der Waals surface area contributed by atoms with Crippen LogP contribution < -0.4 is 10.6 Å². The number of pyridine rings is 1. The van der Waals surface area contributed by atoms with E-state index in [-0.39, 0.29) is 6.04 Å². The van der Waals surface area contributed by atoms with Crippen LogP contribution >= 0.6 is 15.9 Å². The lowest BCUT2D eigenvalue weighted by Crippen LogP contribution is -2.17. The first kappa shape index (κ1) is 14.0. The van der Waals surface area contributed by atoms with Crippen molar-refractivity contribution in [3.63, 3.8) is 0 Å². The monoisotopic (exact) mass is 319 g/mol. The molecule has 1 aromatic heterocycles. The molecule has 3 nitrogen and oxygen atoms in total. The standard InChI is InChI=1S/C15H18BrN3/c1-11(17)13-5-6-15(14(16)8-13)19(2)10-12-4-3-7-18-9-12/h3-9,11H,10,17H2,1-2H3/t11-/m1/s1. The van der Waals surface area contributed by atoms with E-state index in [2.05, 4.69) is 57.1 Å². The molecule has 0 spiro atoms. The minimum absolute atomic E-state index is 0.0500. The van der Waals surface area contributed by atoms with Crippen LogP contribution in [0.25, 0.3) is 0 Å². The van der Waals surface area contributed by atoms with Gasteiger partial charge < -0.3 is 10.6 Å². The zero-order valence-corrected chi connectivity index (χ0v) is 12.8. The predicted octanol–water partition coefficient (Wildman–Crippen LogP) is 3.50. The van der Waals surface area contributed by atoms with Gasteiger partial charge in [-0.15, -0.1) is 0 Å². The third-order valence-corrected chi connectivity index (χ3v) is 3.69. The normalized spacial score (nSPS) is 12.2. The number of hydrogen-bond donors (Lipinski definition) is 1. The minimum Gasteiger partial charge on any atom is -0.369 e. The molecule has 2 aromatic rings. The zero-order valence-electron chi connectivity index (χ0n) is 11.2. The summed E-state index contributed by atoms with van der Waals surface area (Å²) in [5.41, 5.74) is 9.35. The Hall–Kier alpha value is -1.39. The molecule has 0 amide bonds. The molecule has 0 bridgehead atoms. The number of benzene rings is 1. The Morgan fingerprint density at radius 2 is 2.16 bits per heavy atom. The molecule has 2 N–H and O–H groups in total. The van der Waals surface area contributed by atoms with Crippen molar-refractivity contribution in [2.75, 3.05) is 11.9 Å². The summed E-state index contributed by atoms with van der Waals surface area (Å²) in [5.74, 6) is 0. The molecule has 0 fully saturated rings. The van der Waals surface area contributed by atoms with E-state index in [0.29, 0.717) is 0 Å². The van der Waals surface area contributed by atoms with Crippen molar-refractivity contribution in [2.45, 2.75) is 19.5 Å². The molecule has 1 aromatic carbocycles. The SMILES string of the molecule is C[C@@H](N)c1ccc(N(C)Cc2cccnc2)c(Br)c1. The number of hydrogen-bond acceptors (Lipinski definition) is 3. The summed E-state index contributed by atoms with van der Waals surface area (Å²) in [5, 5.41) is 0. The summed E-state index contributed by atoms with van der Waals surface area (Å²) < 4.78 is 1.06. The Kier molecular flexibility index (Phi) is 4.56. The van der Waals surface area contributed by atoms with Crippen molar-refractivity contribution < 1.29 is 0 Å². The maximum atomic E-state index is 5.89. The first-order chi connectivity index (χ1) is 9.08. The number of nitrogens with two attached hydrogens (primary N) is 1. The zero-order chi connectivity index (χ0) is 13.8. The third-order valence-electron chi connectivity index (χ3n) is 3.05. The molecule has 0 aliphatic rings. The van der Waals surface area contributed by atoms with Gasteiger partial charge in [-0.3, -0.25) is 4.98 Å². The van der Waals surface area contributed by atoms with Gasteiger partial charge >= 0.3 is 0 Å². The van der Waals surface area contributed by atoms with Crippen LogP contribution in [0.1, 0.15) is 24.1 Å². The number of rotatable bonds is 4. The van der Waals surface area contributed by atoms with Crippen LogP contribution in [0, 0.1) is 0 Å². The van der Waals surface area contributed by atoms with E-state index >= 15 is 0 Å². The van der Waals surface area contributed by atoms with Crippen molar-refractivity contribution in [3.05, 3.63) is 58.3 Å². The van der Waals surface area contributed by atoms with Crippen molar-refractivity contribution >= 4 is 21.6 Å². The fourth-order valence-electron chi connectivity index (χ4n) is 1.97. The number of anilines is 1. The number of nitrogens with zero attached hydrogens (tertiary/aromatic N) is 2. The Balaban J connectivity index is 2.17. The average molecular weight is 320 g/mol. The van der Waals surface area contributed by atoms with Gasteiger partial charge in [0.1, 0.15) is 0 Å². The second kappa shape index (κ2) is 6.17. The van der Waals surface area contributed by atoms with Crippen molar-refractivity contribution in [1.82, 2.24) is 4.98 Å². The van der Waals surface area contributed by atoms with Crippen LogP contribution in [0.4, 0.5) is 5.69 Å². The highest BCUT2D eigenvalue weighted by molar-refractivity contribution is 9.10. The highest BCUT2D eigenvalue weighted by Crippen LogP contribution is 2.29. The van der Waals surface area contributed by atoms with Crippen LogP contribution in [0.5, 0.6) is 0 Å². The molecule has 0 radical (unpaired) electrons. The fraction of sp³-hybridized carbons (Fsp3) is 0.267. The smallest absolute Gasteiger partial charge is 0.0511 e. The van der Waals surface area contributed by atoms with Crippen LogP contribution in [0.3, 0.4) is 0 Å². The van der Waals surface area contributed by atoms with E-state index in [0.717, 1.165) is 22.3 Å². The highest BCUT2D eigenvalue weighted by Gasteiger charge is 2.09. The molecule has 1 atom stereocenters. The average Bonchev–Trinajstić information content (AvgIpc) is 2.39. The molecule has 2 rings (SSSR count). The van der Waals surface area contributed by atoms with Crippen LogP contribution in [0.2, 0.25) is 0 Å². The molecule has 100 valence electrons. The second-order valence-electron chi connectivity index (χ2n) is 4.72. The quantitative estimate of drug-likeness (QED) is 0.937. The summed E-state index contributed by atoms with van der Waals surface area (Å²) in [6.07, 6.45) is 3.68. The van der Waals surface area contributed by atoms with Gasteiger partial charge in [-0.25, -0.2) is 0 Å². The summed E-state index contributed by atoms with van der Waals surface area (Å²) in [6, 6.07) is 10.3. The second-order valence-corrected chi connectivity index (χ2v) is 5.57. The first-order valence-corrected chi connectivity index (χ1v) is 7.02. The Morgan fingerprint density at radius 1 is 1.37 bits per heavy atom. The lowest BCUT2D eigenvalue weighted by molar-refractivity contribution is 0.815. The van der Waals surface area contributed by atoms with Crippen LogP contribution in [-0.4, -0.2) is 12.0 Å². The summed E-state index contributed by atoms with van der Waals surface area (Å²) in [7, 11) is 2.07. The summed E-state index contributed by atoms with van der Waals surface area (Å²) in [6.45, 7) is 2.81. The largest absolute Gasteiger partial charge is 0.369 e. The molecule has 0 aliphatic carbocycles. The Bertz CT molecular complexity index is 540. The Labute approximate surface area is 122 Å². The van der Waals surface area contributed by atoms with Gasteiger partial charge in [0.2, 0.25) is 0 Å². The molecule has 0 aliphatic heterocycles. The maximum absolute atomic E-state index is 5.89. The van der Waals surface area contributed by atoms with E-state index in [4.69, 9.17) is 5.73 Å². The van der Waals surface area contributed by atoms with Crippen molar-refractivity contribution in [2.24, 2.45) is 5.73 Å². The topological polar surface area (TPSA) is 42.1 Å². The highest BCUT2D eigenvalue weighted by atomic mass is 79.9. The van der Waals surface area contributed by atoms with Gasteiger partial charge in [-0.2, -0.15) is 0 Å². The number of halogens is 1. The van der Waals surface area contributed by atoms with E-state index < -0.39 is 0 Å². The molecular weight excluding hydrogens is 302 g/mol. The summed E-state index contributed by atoms with van der Waals surface area (Å²) >= 11 is 3.62. The molecule has 1 heterocycles. The molecular formula is C15H18BrN3. The first-order valence-electron chi connectivity index (χ1n) is 6.23. The maximum Gasteiger partial charge on any atom is 0.0511 e. The van der Waals surface area contributed by atoms with Gasteiger partial charge in [-0.1, -0.05) is 12.1 Å². The van der Waals surface area contributed by atoms with Gasteiger partial charge in [-0.05, 0) is 52.2 Å². The fourth-order valence-corrected chi connectivity index (χ4v) is 2.67. The lowest BCUT2D eigenvalue weighted by atomic mass is 10.1. The van der Waals surface area contributed by atoms with E-state index in [1.165, 1.54) is 5.56 Å². The van der Waals surface area contributed by atoms with E-state index in [1.54, 1.807) is 6.20 Å². The molecule has 0 saturated carbocycles. The van der Waals surface area contributed by atoms with Gasteiger partial charge in [0, 0.05) is 36.5 Å². The summed E-state index contributed by atoms with van der Waals surface area (Å²) in [4.78, 5) is 6.32.